The average Bonchev–Trinajstić information content (AvgIpc) is 3.01. The minimum atomic E-state index is -3.64. The smallest absolute Gasteiger partial charge is 0.400 e. The molecule has 0 N–H and O–H groups in total. The molecule has 0 unspecified atom stereocenters. The molecule has 4 nitrogen and oxygen atoms in total. The van der Waals surface area contributed by atoms with Gasteiger partial charge in [0, 0.05) is 24.0 Å². The van der Waals surface area contributed by atoms with Crippen LogP contribution in [-0.4, -0.2) is 25.6 Å². The van der Waals surface area contributed by atoms with E-state index in [2.05, 4.69) is 6.92 Å². The van der Waals surface area contributed by atoms with Crippen LogP contribution in [0, 0.1) is 58.4 Å². The van der Waals surface area contributed by atoms with Gasteiger partial charge in [-0.1, -0.05) is 51.5 Å². The molecule has 3 aliphatic rings. The van der Waals surface area contributed by atoms with Gasteiger partial charge in [0.1, 0.15) is 29.3 Å². The van der Waals surface area contributed by atoms with Gasteiger partial charge in [-0.05, 0) is 68.1 Å². The Bertz CT molecular complexity index is 1270. The first-order chi connectivity index (χ1) is 21.2. The van der Waals surface area contributed by atoms with E-state index >= 15 is 8.78 Å². The van der Waals surface area contributed by atoms with Crippen LogP contribution in [0.5, 0.6) is 5.75 Å². The van der Waals surface area contributed by atoms with Crippen LogP contribution in [0.4, 0.5) is 22.0 Å². The summed E-state index contributed by atoms with van der Waals surface area (Å²) < 4.78 is 91.1. The van der Waals surface area contributed by atoms with E-state index in [1.54, 1.807) is 6.07 Å². The molecule has 0 spiro atoms. The molecule has 1 aliphatic heterocycles. The fourth-order valence-electron chi connectivity index (χ4n) is 7.32. The minimum absolute atomic E-state index is 0.0132. The Morgan fingerprint density at radius 1 is 0.818 bits per heavy atom. The van der Waals surface area contributed by atoms with E-state index in [0.717, 1.165) is 18.1 Å². The van der Waals surface area contributed by atoms with Gasteiger partial charge in [-0.25, -0.2) is 13.2 Å². The molecule has 0 amide bonds. The van der Waals surface area contributed by atoms with Gasteiger partial charge in [0.15, 0.2) is 6.29 Å². The maximum atomic E-state index is 15.1. The number of benzene rings is 2. The van der Waals surface area contributed by atoms with E-state index in [0.29, 0.717) is 50.0 Å². The zero-order valence-corrected chi connectivity index (χ0v) is 25.3. The molecule has 2 aromatic carbocycles. The summed E-state index contributed by atoms with van der Waals surface area (Å²) in [4.78, 5) is 0. The van der Waals surface area contributed by atoms with Crippen molar-refractivity contribution in [2.45, 2.75) is 96.4 Å². The molecule has 2 aliphatic carbocycles. The molecule has 1 heterocycles. The first-order valence-corrected chi connectivity index (χ1v) is 16.2. The van der Waals surface area contributed by atoms with E-state index in [9.17, 15) is 13.2 Å². The van der Waals surface area contributed by atoms with Crippen LogP contribution >= 0.6 is 0 Å². The molecule has 5 rings (SSSR count). The van der Waals surface area contributed by atoms with Crippen LogP contribution in [0.1, 0.15) is 89.5 Å². The molecule has 240 valence electrons. The molecule has 0 radical (unpaired) electrons. The minimum Gasteiger partial charge on any atom is -0.432 e. The van der Waals surface area contributed by atoms with Crippen molar-refractivity contribution in [2.75, 3.05) is 13.2 Å². The van der Waals surface area contributed by atoms with Gasteiger partial charge < -0.3 is 14.2 Å². The van der Waals surface area contributed by atoms with Gasteiger partial charge in [0.05, 0.1) is 30.3 Å². The standard InChI is InChI=1S/C35H42F5NO3/c1-2-3-4-5-22-6-8-23(9-7-22)27-20-42-34(43-21-27)24-12-14-28(15-13-24)35(39,40)44-29-17-31(37)33(32(38)18-29)25-10-11-26(19-41)30(36)16-25/h10-11,16-18,22-24,27-28,34H,2-9,12-15,20-21H2,1H3. The average molecular weight is 620 g/mol. The topological polar surface area (TPSA) is 51.5 Å². The number of nitriles is 1. The molecule has 0 atom stereocenters. The summed E-state index contributed by atoms with van der Waals surface area (Å²) >= 11 is 0. The highest BCUT2D eigenvalue weighted by Crippen LogP contribution is 2.44. The maximum Gasteiger partial charge on any atom is 0.400 e. The number of nitrogens with zero attached hydrogens (tertiary/aromatic N) is 1. The normalized spacial score (nSPS) is 27.9. The fraction of sp³-hybridized carbons (Fsp3) is 0.629. The second-order valence-corrected chi connectivity index (χ2v) is 12.9. The molecule has 9 heteroatoms. The van der Waals surface area contributed by atoms with Crippen molar-refractivity contribution in [2.24, 2.45) is 29.6 Å². The molecule has 1 saturated heterocycles. The molecule has 2 aromatic rings. The Morgan fingerprint density at radius 3 is 2.05 bits per heavy atom. The van der Waals surface area contributed by atoms with Crippen molar-refractivity contribution in [3.05, 3.63) is 53.3 Å². The third kappa shape index (κ3) is 7.74. The Balaban J connectivity index is 1.09. The summed E-state index contributed by atoms with van der Waals surface area (Å²) in [5, 5.41) is 8.87. The van der Waals surface area contributed by atoms with Gasteiger partial charge in [-0.15, -0.1) is 0 Å². The van der Waals surface area contributed by atoms with Crippen molar-refractivity contribution < 1.29 is 36.2 Å². The predicted molar refractivity (Wildman–Crippen MR) is 156 cm³/mol. The number of rotatable bonds is 10. The monoisotopic (exact) mass is 619 g/mol. The van der Waals surface area contributed by atoms with Gasteiger partial charge >= 0.3 is 6.11 Å². The van der Waals surface area contributed by atoms with Crippen LogP contribution in [0.25, 0.3) is 11.1 Å². The Kier molecular flexibility index (Phi) is 10.8. The van der Waals surface area contributed by atoms with Crippen molar-refractivity contribution in [3.8, 4) is 22.9 Å². The Hall–Kier alpha value is -2.70. The molecule has 44 heavy (non-hydrogen) atoms. The van der Waals surface area contributed by atoms with Gasteiger partial charge in [0.25, 0.3) is 0 Å². The number of alkyl halides is 2. The Labute approximate surface area is 256 Å². The van der Waals surface area contributed by atoms with Crippen LogP contribution < -0.4 is 4.74 Å². The Morgan fingerprint density at radius 2 is 1.45 bits per heavy atom. The summed E-state index contributed by atoms with van der Waals surface area (Å²) in [5.74, 6) is -3.18. The van der Waals surface area contributed by atoms with Crippen molar-refractivity contribution >= 4 is 0 Å². The molecule has 2 saturated carbocycles. The van der Waals surface area contributed by atoms with Gasteiger partial charge in [-0.2, -0.15) is 14.0 Å². The van der Waals surface area contributed by atoms with Gasteiger partial charge in [0.2, 0.25) is 0 Å². The van der Waals surface area contributed by atoms with E-state index in [4.69, 9.17) is 19.5 Å². The fourth-order valence-corrected chi connectivity index (χ4v) is 7.32. The highest BCUT2D eigenvalue weighted by Gasteiger charge is 2.46. The van der Waals surface area contributed by atoms with Crippen LogP contribution in [0.2, 0.25) is 0 Å². The third-order valence-electron chi connectivity index (χ3n) is 10.0. The lowest BCUT2D eigenvalue weighted by Gasteiger charge is -2.41. The second-order valence-electron chi connectivity index (χ2n) is 12.9. The molecular formula is C35H42F5NO3. The zero-order valence-electron chi connectivity index (χ0n) is 25.3. The van der Waals surface area contributed by atoms with E-state index in [1.165, 1.54) is 57.4 Å². The number of unbranched alkanes of at least 4 members (excludes halogenated alkanes) is 2. The first-order valence-electron chi connectivity index (χ1n) is 16.2. The maximum absolute atomic E-state index is 15.1. The molecule has 3 fully saturated rings. The largest absolute Gasteiger partial charge is 0.432 e. The van der Waals surface area contributed by atoms with E-state index in [1.807, 2.05) is 0 Å². The highest BCUT2D eigenvalue weighted by molar-refractivity contribution is 5.67. The summed E-state index contributed by atoms with van der Waals surface area (Å²) in [5.41, 5.74) is -1.02. The molecule has 0 aromatic heterocycles. The number of hydrogen-bond donors (Lipinski definition) is 0. The van der Waals surface area contributed by atoms with E-state index in [-0.39, 0.29) is 29.9 Å². The molecule has 0 bridgehead atoms. The zero-order chi connectivity index (χ0) is 31.3. The molecular weight excluding hydrogens is 577 g/mol. The number of hydrogen-bond acceptors (Lipinski definition) is 4. The third-order valence-corrected chi connectivity index (χ3v) is 10.0. The van der Waals surface area contributed by atoms with Crippen molar-refractivity contribution in [3.63, 3.8) is 0 Å². The lowest BCUT2D eigenvalue weighted by atomic mass is 9.74. The summed E-state index contributed by atoms with van der Waals surface area (Å²) in [7, 11) is 0. The number of halogens is 5. The van der Waals surface area contributed by atoms with E-state index < -0.39 is 47.1 Å². The lowest BCUT2D eigenvalue weighted by molar-refractivity contribution is -0.251. The predicted octanol–water partition coefficient (Wildman–Crippen LogP) is 9.80. The van der Waals surface area contributed by atoms with Crippen molar-refractivity contribution in [1.29, 1.82) is 5.26 Å². The highest BCUT2D eigenvalue weighted by atomic mass is 19.3. The van der Waals surface area contributed by atoms with Gasteiger partial charge in [-0.3, -0.25) is 0 Å². The lowest BCUT2D eigenvalue weighted by Crippen LogP contribution is -2.43. The van der Waals surface area contributed by atoms with Crippen LogP contribution in [0.3, 0.4) is 0 Å². The summed E-state index contributed by atoms with van der Waals surface area (Å²) in [6, 6.07) is 6.10. The first kappa shape index (κ1) is 32.7. The SMILES string of the molecule is CCCCCC1CCC(C2COC(C3CCC(C(F)(F)Oc4cc(F)c(-c5ccc(C#N)c(F)c5)c(F)c4)CC3)OC2)CC1. The van der Waals surface area contributed by atoms with Crippen LogP contribution in [-0.2, 0) is 9.47 Å². The second kappa shape index (κ2) is 14.6. The van der Waals surface area contributed by atoms with Crippen molar-refractivity contribution in [1.82, 2.24) is 0 Å². The quantitative estimate of drug-likeness (QED) is 0.196. The number of ether oxygens (including phenoxy) is 3. The summed E-state index contributed by atoms with van der Waals surface area (Å²) in [6.07, 6.45) is 7.54. The van der Waals surface area contributed by atoms with Crippen LogP contribution in [0.15, 0.2) is 30.3 Å². The summed E-state index contributed by atoms with van der Waals surface area (Å²) in [6.45, 7) is 3.54.